The summed E-state index contributed by atoms with van der Waals surface area (Å²) in [7, 11) is 1.65. The summed E-state index contributed by atoms with van der Waals surface area (Å²) in [5, 5.41) is 11.0. The maximum absolute atomic E-state index is 10.8. The van der Waals surface area contributed by atoms with Crippen LogP contribution in [0.2, 0.25) is 0 Å². The van der Waals surface area contributed by atoms with Gasteiger partial charge in [-0.05, 0) is 44.2 Å². The number of carbonyl (C=O) groups is 1. The third-order valence-corrected chi connectivity index (χ3v) is 3.42. The number of hydrogen-bond acceptors (Lipinski definition) is 3. The lowest BCUT2D eigenvalue weighted by molar-refractivity contribution is -0.136. The summed E-state index contributed by atoms with van der Waals surface area (Å²) >= 11 is 1.31. The van der Waals surface area contributed by atoms with Gasteiger partial charge >= 0.3 is 5.97 Å². The summed E-state index contributed by atoms with van der Waals surface area (Å²) in [5.41, 5.74) is 2.40. The lowest BCUT2D eigenvalue weighted by atomic mass is 10.1. The Balaban J connectivity index is 2.80. The molecule has 4 heteroatoms. The lowest BCUT2D eigenvalue weighted by Gasteiger charge is -2.11. The van der Waals surface area contributed by atoms with Crippen molar-refractivity contribution in [3.05, 3.63) is 29.3 Å². The minimum absolute atomic E-state index is 0.591. The molecule has 0 radical (unpaired) electrons. The molecule has 0 spiro atoms. The third-order valence-electron chi connectivity index (χ3n) is 2.22. The Labute approximate surface area is 93.9 Å². The van der Waals surface area contributed by atoms with Crippen LogP contribution in [0.25, 0.3) is 0 Å². The van der Waals surface area contributed by atoms with Gasteiger partial charge in [0, 0.05) is 4.90 Å². The standard InChI is InChI=1S/C11H15NO2S/c1-7-4-5-9(6-8(7)2)15-10(12-3)11(13)14/h4-6,10,12H,1-3H3,(H,13,14). The molecule has 0 saturated carbocycles. The maximum Gasteiger partial charge on any atom is 0.331 e. The Hall–Kier alpha value is -1.00. The maximum atomic E-state index is 10.8. The van der Waals surface area contributed by atoms with Crippen LogP contribution in [-0.4, -0.2) is 23.5 Å². The molecule has 0 aromatic heterocycles. The zero-order valence-corrected chi connectivity index (χ0v) is 9.89. The van der Waals surface area contributed by atoms with Crippen molar-refractivity contribution >= 4 is 17.7 Å². The topological polar surface area (TPSA) is 49.3 Å². The fourth-order valence-corrected chi connectivity index (χ4v) is 2.04. The van der Waals surface area contributed by atoms with Crippen molar-refractivity contribution in [3.63, 3.8) is 0 Å². The van der Waals surface area contributed by atoms with Crippen molar-refractivity contribution in [1.29, 1.82) is 0 Å². The summed E-state index contributed by atoms with van der Waals surface area (Å²) in [4.78, 5) is 11.8. The number of aryl methyl sites for hydroxylation is 2. The van der Waals surface area contributed by atoms with E-state index in [0.29, 0.717) is 0 Å². The molecular weight excluding hydrogens is 210 g/mol. The number of carboxylic acids is 1. The summed E-state index contributed by atoms with van der Waals surface area (Å²) in [6.07, 6.45) is 0. The van der Waals surface area contributed by atoms with Crippen molar-refractivity contribution in [3.8, 4) is 0 Å². The van der Waals surface area contributed by atoms with Crippen LogP contribution in [0, 0.1) is 13.8 Å². The number of thioether (sulfide) groups is 1. The highest BCUT2D eigenvalue weighted by Crippen LogP contribution is 2.24. The zero-order chi connectivity index (χ0) is 11.4. The normalized spacial score (nSPS) is 12.5. The van der Waals surface area contributed by atoms with E-state index in [1.54, 1.807) is 7.05 Å². The van der Waals surface area contributed by atoms with Gasteiger partial charge in [-0.3, -0.25) is 5.32 Å². The molecule has 1 aromatic carbocycles. The van der Waals surface area contributed by atoms with Gasteiger partial charge in [-0.2, -0.15) is 0 Å². The molecule has 0 heterocycles. The first kappa shape index (κ1) is 12.1. The van der Waals surface area contributed by atoms with E-state index < -0.39 is 11.3 Å². The molecule has 0 fully saturated rings. The van der Waals surface area contributed by atoms with E-state index in [9.17, 15) is 4.79 Å². The Bertz CT molecular complexity index is 366. The summed E-state index contributed by atoms with van der Waals surface area (Å²) in [6, 6.07) is 5.96. The summed E-state index contributed by atoms with van der Waals surface area (Å²) in [6.45, 7) is 4.06. The monoisotopic (exact) mass is 225 g/mol. The van der Waals surface area contributed by atoms with Gasteiger partial charge in [0.25, 0.3) is 0 Å². The van der Waals surface area contributed by atoms with Gasteiger partial charge in [0.2, 0.25) is 0 Å². The minimum Gasteiger partial charge on any atom is -0.479 e. The van der Waals surface area contributed by atoms with Gasteiger partial charge in [-0.1, -0.05) is 17.8 Å². The molecule has 0 bridgehead atoms. The van der Waals surface area contributed by atoms with E-state index in [-0.39, 0.29) is 0 Å². The van der Waals surface area contributed by atoms with E-state index in [0.717, 1.165) is 4.90 Å². The molecule has 2 N–H and O–H groups in total. The molecule has 0 aliphatic rings. The fourth-order valence-electron chi connectivity index (χ4n) is 1.16. The Morgan fingerprint density at radius 3 is 2.53 bits per heavy atom. The van der Waals surface area contributed by atoms with Crippen LogP contribution in [-0.2, 0) is 4.79 Å². The van der Waals surface area contributed by atoms with Crippen molar-refractivity contribution in [2.45, 2.75) is 24.1 Å². The SMILES string of the molecule is CNC(Sc1ccc(C)c(C)c1)C(=O)O. The van der Waals surface area contributed by atoms with E-state index in [1.165, 1.54) is 22.9 Å². The number of benzene rings is 1. The average Bonchev–Trinajstić information content (AvgIpc) is 2.19. The second kappa shape index (κ2) is 5.19. The predicted octanol–water partition coefficient (Wildman–Crippen LogP) is 2.03. The molecule has 1 rings (SSSR count). The minimum atomic E-state index is -0.847. The predicted molar refractivity (Wildman–Crippen MR) is 62.3 cm³/mol. The van der Waals surface area contributed by atoms with Crippen LogP contribution < -0.4 is 5.32 Å². The van der Waals surface area contributed by atoms with Gasteiger partial charge in [0.15, 0.2) is 5.37 Å². The van der Waals surface area contributed by atoms with Crippen molar-refractivity contribution in [2.75, 3.05) is 7.05 Å². The first-order chi connectivity index (χ1) is 7.04. The lowest BCUT2D eigenvalue weighted by Crippen LogP contribution is -2.30. The van der Waals surface area contributed by atoms with Gasteiger partial charge in [-0.15, -0.1) is 0 Å². The van der Waals surface area contributed by atoms with Gasteiger partial charge in [-0.25, -0.2) is 4.79 Å². The molecule has 15 heavy (non-hydrogen) atoms. The highest BCUT2D eigenvalue weighted by molar-refractivity contribution is 8.00. The van der Waals surface area contributed by atoms with E-state index >= 15 is 0 Å². The zero-order valence-electron chi connectivity index (χ0n) is 9.07. The largest absolute Gasteiger partial charge is 0.479 e. The number of hydrogen-bond donors (Lipinski definition) is 2. The van der Waals surface area contributed by atoms with Crippen LogP contribution in [0.4, 0.5) is 0 Å². The second-order valence-corrected chi connectivity index (χ2v) is 4.55. The molecule has 0 aliphatic carbocycles. The van der Waals surface area contributed by atoms with E-state index in [1.807, 2.05) is 32.0 Å². The number of carboxylic acid groups (broad SMARTS) is 1. The highest BCUT2D eigenvalue weighted by Gasteiger charge is 2.15. The van der Waals surface area contributed by atoms with Crippen molar-refractivity contribution in [2.24, 2.45) is 0 Å². The summed E-state index contributed by atoms with van der Waals surface area (Å²) in [5.74, 6) is -0.847. The quantitative estimate of drug-likeness (QED) is 0.608. The van der Waals surface area contributed by atoms with Gasteiger partial charge in [0.1, 0.15) is 0 Å². The van der Waals surface area contributed by atoms with Gasteiger partial charge < -0.3 is 5.11 Å². The molecule has 0 aliphatic heterocycles. The average molecular weight is 225 g/mol. The molecule has 1 unspecified atom stereocenters. The Morgan fingerprint density at radius 2 is 2.07 bits per heavy atom. The molecule has 1 aromatic rings. The Kier molecular flexibility index (Phi) is 4.17. The number of aliphatic carboxylic acids is 1. The van der Waals surface area contributed by atoms with E-state index in [4.69, 9.17) is 5.11 Å². The van der Waals surface area contributed by atoms with Crippen LogP contribution >= 0.6 is 11.8 Å². The third kappa shape index (κ3) is 3.25. The molecule has 0 amide bonds. The smallest absolute Gasteiger partial charge is 0.331 e. The molecule has 1 atom stereocenters. The van der Waals surface area contributed by atoms with Crippen LogP contribution in [0.15, 0.2) is 23.1 Å². The summed E-state index contributed by atoms with van der Waals surface area (Å²) < 4.78 is 0. The van der Waals surface area contributed by atoms with E-state index in [2.05, 4.69) is 5.32 Å². The molecule has 82 valence electrons. The fraction of sp³-hybridized carbons (Fsp3) is 0.364. The number of rotatable bonds is 4. The van der Waals surface area contributed by atoms with Crippen LogP contribution in [0.1, 0.15) is 11.1 Å². The molecule has 0 saturated heterocycles. The first-order valence-electron chi connectivity index (χ1n) is 4.68. The van der Waals surface area contributed by atoms with Crippen LogP contribution in [0.3, 0.4) is 0 Å². The highest BCUT2D eigenvalue weighted by atomic mass is 32.2. The second-order valence-electron chi connectivity index (χ2n) is 3.37. The van der Waals surface area contributed by atoms with Gasteiger partial charge in [0.05, 0.1) is 0 Å². The van der Waals surface area contributed by atoms with Crippen LogP contribution in [0.5, 0.6) is 0 Å². The molecular formula is C11H15NO2S. The Morgan fingerprint density at radius 1 is 1.40 bits per heavy atom. The molecule has 3 nitrogen and oxygen atoms in total. The van der Waals surface area contributed by atoms with Crippen molar-refractivity contribution < 1.29 is 9.90 Å². The number of likely N-dealkylation sites (N-methyl/N-ethyl adjacent to an activating group) is 1. The van der Waals surface area contributed by atoms with Crippen molar-refractivity contribution in [1.82, 2.24) is 5.32 Å². The number of nitrogens with one attached hydrogen (secondary N) is 1. The first-order valence-corrected chi connectivity index (χ1v) is 5.56.